The molecule has 1 unspecified atom stereocenters. The van der Waals surface area contributed by atoms with Crippen LogP contribution in [0.15, 0.2) is 78.9 Å². The Hall–Kier alpha value is -4.26. The van der Waals surface area contributed by atoms with Crippen molar-refractivity contribution >= 4 is 35.0 Å². The van der Waals surface area contributed by atoms with E-state index < -0.39 is 23.8 Å². The first kappa shape index (κ1) is 21.0. The van der Waals surface area contributed by atoms with Crippen molar-refractivity contribution in [1.29, 1.82) is 0 Å². The molecule has 1 heterocycles. The number of nitrogens with one attached hydrogen (secondary N) is 2. The molecule has 1 atom stereocenters. The van der Waals surface area contributed by atoms with E-state index in [4.69, 9.17) is 0 Å². The maximum absolute atomic E-state index is 13.3. The molecule has 4 amide bonds. The van der Waals surface area contributed by atoms with Gasteiger partial charge in [0, 0.05) is 24.7 Å². The van der Waals surface area contributed by atoms with Gasteiger partial charge < -0.3 is 10.6 Å². The number of benzene rings is 3. The second-order valence-corrected chi connectivity index (χ2v) is 7.48. The van der Waals surface area contributed by atoms with E-state index in [1.165, 1.54) is 6.92 Å². The van der Waals surface area contributed by atoms with Crippen LogP contribution in [0.4, 0.5) is 11.4 Å². The third-order valence-electron chi connectivity index (χ3n) is 5.16. The topological polar surface area (TPSA) is 95.6 Å². The minimum atomic E-state index is -1.05. The average molecular weight is 427 g/mol. The molecule has 1 aliphatic rings. The largest absolute Gasteiger partial charge is 0.326 e. The van der Waals surface area contributed by atoms with Crippen molar-refractivity contribution in [2.24, 2.45) is 0 Å². The Bertz CT molecular complexity index is 1170. The number of carbonyl (C=O) groups is 4. The molecule has 1 aliphatic heterocycles. The molecule has 0 bridgehead atoms. The van der Waals surface area contributed by atoms with Gasteiger partial charge in [0.05, 0.1) is 11.1 Å². The normalized spacial score (nSPS) is 13.5. The van der Waals surface area contributed by atoms with Crippen LogP contribution < -0.4 is 10.6 Å². The van der Waals surface area contributed by atoms with E-state index in [2.05, 4.69) is 10.6 Å². The highest BCUT2D eigenvalue weighted by Crippen LogP contribution is 2.27. The zero-order valence-corrected chi connectivity index (χ0v) is 17.4. The molecule has 0 fully saturated rings. The molecule has 0 saturated heterocycles. The van der Waals surface area contributed by atoms with Crippen molar-refractivity contribution in [2.75, 3.05) is 10.6 Å². The summed E-state index contributed by atoms with van der Waals surface area (Å²) in [4.78, 5) is 51.8. The van der Waals surface area contributed by atoms with E-state index in [1.807, 2.05) is 30.3 Å². The second kappa shape index (κ2) is 8.85. The fraction of sp³-hybridized carbons (Fsp3) is 0.120. The van der Waals surface area contributed by atoms with Crippen molar-refractivity contribution in [2.45, 2.75) is 19.4 Å². The lowest BCUT2D eigenvalue weighted by Crippen LogP contribution is -2.48. The number of hydrogen-bond acceptors (Lipinski definition) is 4. The molecule has 3 aromatic carbocycles. The number of carbonyl (C=O) groups excluding carboxylic acids is 4. The lowest BCUT2D eigenvalue weighted by Gasteiger charge is -2.25. The van der Waals surface area contributed by atoms with Crippen molar-refractivity contribution in [1.82, 2.24) is 4.90 Å². The van der Waals surface area contributed by atoms with Gasteiger partial charge >= 0.3 is 0 Å². The van der Waals surface area contributed by atoms with Gasteiger partial charge in [-0.05, 0) is 35.9 Å². The Labute approximate surface area is 185 Å². The minimum Gasteiger partial charge on any atom is -0.326 e. The fourth-order valence-electron chi connectivity index (χ4n) is 3.73. The molecule has 0 radical (unpaired) electrons. The van der Waals surface area contributed by atoms with Crippen LogP contribution in [0.2, 0.25) is 0 Å². The molecule has 0 saturated carbocycles. The zero-order valence-electron chi connectivity index (χ0n) is 17.4. The van der Waals surface area contributed by atoms with Crippen LogP contribution in [0.3, 0.4) is 0 Å². The van der Waals surface area contributed by atoms with E-state index in [0.717, 1.165) is 10.5 Å². The van der Waals surface area contributed by atoms with E-state index in [-0.39, 0.29) is 23.5 Å². The van der Waals surface area contributed by atoms with Crippen LogP contribution in [-0.2, 0) is 16.0 Å². The lowest BCUT2D eigenvalue weighted by atomic mass is 10.0. The predicted octanol–water partition coefficient (Wildman–Crippen LogP) is 3.49. The summed E-state index contributed by atoms with van der Waals surface area (Å²) in [5.41, 5.74) is 2.36. The van der Waals surface area contributed by atoms with Crippen LogP contribution >= 0.6 is 0 Å². The summed E-state index contributed by atoms with van der Waals surface area (Å²) >= 11 is 0. The number of hydrogen-bond donors (Lipinski definition) is 2. The molecule has 0 aromatic heterocycles. The Morgan fingerprint density at radius 3 is 1.94 bits per heavy atom. The number of imide groups is 1. The standard InChI is InChI=1S/C25H21N3O4/c1-16(29)26-18-10-7-11-19(15-18)27-23(30)22(14-17-8-3-2-4-9-17)28-24(31)20-12-5-6-13-21(20)25(28)32/h2-13,15,22H,14H2,1H3,(H,26,29)(H,27,30). The number of fused-ring (bicyclic) bond motifs is 1. The summed E-state index contributed by atoms with van der Waals surface area (Å²) in [6.07, 6.45) is 0.170. The molecule has 160 valence electrons. The van der Waals surface area contributed by atoms with E-state index in [1.54, 1.807) is 48.5 Å². The summed E-state index contributed by atoms with van der Waals surface area (Å²) in [7, 11) is 0. The molecule has 7 nitrogen and oxygen atoms in total. The highest BCUT2D eigenvalue weighted by atomic mass is 16.2. The highest BCUT2D eigenvalue weighted by molar-refractivity contribution is 6.23. The third-order valence-corrected chi connectivity index (χ3v) is 5.16. The molecular formula is C25H21N3O4. The first-order valence-electron chi connectivity index (χ1n) is 10.1. The van der Waals surface area contributed by atoms with Crippen molar-refractivity contribution < 1.29 is 19.2 Å². The number of anilines is 2. The average Bonchev–Trinajstić information content (AvgIpc) is 3.03. The third kappa shape index (κ3) is 4.27. The summed E-state index contributed by atoms with van der Waals surface area (Å²) in [6, 6.07) is 21.4. The highest BCUT2D eigenvalue weighted by Gasteiger charge is 2.42. The maximum Gasteiger partial charge on any atom is 0.262 e. The van der Waals surface area contributed by atoms with Crippen molar-refractivity contribution in [3.63, 3.8) is 0 Å². The Balaban J connectivity index is 1.65. The second-order valence-electron chi connectivity index (χ2n) is 7.48. The van der Waals surface area contributed by atoms with Gasteiger partial charge in [-0.3, -0.25) is 24.1 Å². The van der Waals surface area contributed by atoms with Gasteiger partial charge in [-0.1, -0.05) is 48.5 Å². The summed E-state index contributed by atoms with van der Waals surface area (Å²) in [6.45, 7) is 1.39. The van der Waals surface area contributed by atoms with Crippen LogP contribution in [0.5, 0.6) is 0 Å². The van der Waals surface area contributed by atoms with Gasteiger partial charge in [-0.25, -0.2) is 0 Å². The van der Waals surface area contributed by atoms with Gasteiger partial charge in [0.15, 0.2) is 0 Å². The summed E-state index contributed by atoms with van der Waals surface area (Å²) in [5.74, 6) is -1.72. The maximum atomic E-state index is 13.3. The molecule has 4 rings (SSSR count). The van der Waals surface area contributed by atoms with Gasteiger partial charge in [0.2, 0.25) is 11.8 Å². The summed E-state index contributed by atoms with van der Waals surface area (Å²) in [5, 5.41) is 5.44. The molecular weight excluding hydrogens is 406 g/mol. The molecule has 7 heteroatoms. The van der Waals surface area contributed by atoms with E-state index >= 15 is 0 Å². The molecule has 0 spiro atoms. The Kier molecular flexibility index (Phi) is 5.81. The van der Waals surface area contributed by atoms with E-state index in [9.17, 15) is 19.2 Å². The van der Waals surface area contributed by atoms with Gasteiger partial charge in [-0.2, -0.15) is 0 Å². The fourth-order valence-corrected chi connectivity index (χ4v) is 3.73. The van der Waals surface area contributed by atoms with Crippen LogP contribution in [-0.4, -0.2) is 34.6 Å². The van der Waals surface area contributed by atoms with Crippen molar-refractivity contribution in [3.05, 3.63) is 95.6 Å². The zero-order chi connectivity index (χ0) is 22.7. The SMILES string of the molecule is CC(=O)Nc1cccc(NC(=O)C(Cc2ccccc2)N2C(=O)c3ccccc3C2=O)c1. The van der Waals surface area contributed by atoms with Crippen molar-refractivity contribution in [3.8, 4) is 0 Å². The Morgan fingerprint density at radius 2 is 1.34 bits per heavy atom. The molecule has 3 aromatic rings. The Morgan fingerprint density at radius 1 is 0.781 bits per heavy atom. The number of rotatable bonds is 6. The smallest absolute Gasteiger partial charge is 0.262 e. The predicted molar refractivity (Wildman–Crippen MR) is 120 cm³/mol. The monoisotopic (exact) mass is 427 g/mol. The number of amides is 4. The van der Waals surface area contributed by atoms with Crippen LogP contribution in [0.1, 0.15) is 33.2 Å². The molecule has 2 N–H and O–H groups in total. The van der Waals surface area contributed by atoms with Crippen LogP contribution in [0.25, 0.3) is 0 Å². The first-order valence-corrected chi connectivity index (χ1v) is 10.1. The lowest BCUT2D eigenvalue weighted by molar-refractivity contribution is -0.120. The molecule has 32 heavy (non-hydrogen) atoms. The first-order chi connectivity index (χ1) is 15.4. The number of nitrogens with zero attached hydrogens (tertiary/aromatic N) is 1. The van der Waals surface area contributed by atoms with Crippen LogP contribution in [0, 0.1) is 0 Å². The summed E-state index contributed by atoms with van der Waals surface area (Å²) < 4.78 is 0. The van der Waals surface area contributed by atoms with Gasteiger partial charge in [-0.15, -0.1) is 0 Å². The van der Waals surface area contributed by atoms with Gasteiger partial charge in [0.25, 0.3) is 11.8 Å². The minimum absolute atomic E-state index is 0.170. The van der Waals surface area contributed by atoms with E-state index in [0.29, 0.717) is 11.4 Å². The van der Waals surface area contributed by atoms with Gasteiger partial charge in [0.1, 0.15) is 6.04 Å². The quantitative estimate of drug-likeness (QED) is 0.589. The molecule has 0 aliphatic carbocycles.